The molecule has 1 aromatic heterocycles. The van der Waals surface area contributed by atoms with Crippen LogP contribution >= 0.6 is 11.8 Å². The Morgan fingerprint density at radius 2 is 2.24 bits per heavy atom. The first-order chi connectivity index (χ1) is 10.1. The summed E-state index contributed by atoms with van der Waals surface area (Å²) in [6.07, 6.45) is 4.54. The van der Waals surface area contributed by atoms with Crippen molar-refractivity contribution >= 4 is 17.7 Å². The highest BCUT2D eigenvalue weighted by molar-refractivity contribution is 7.99. The molecule has 0 radical (unpaired) electrons. The van der Waals surface area contributed by atoms with Crippen LogP contribution in [0, 0.1) is 5.92 Å². The van der Waals surface area contributed by atoms with Crippen molar-refractivity contribution in [3.05, 3.63) is 0 Å². The number of hydrogen-bond acceptors (Lipinski definition) is 5. The standard InChI is InChI=1S/C14H25N5OS/c1-4-12-7-5-6-8-18(12)13(20)10-21-14-15-16-17-19(14)9-11(2)3/h11-12H,4-10H2,1-3H3. The van der Waals surface area contributed by atoms with Gasteiger partial charge in [-0.15, -0.1) is 5.10 Å². The Balaban J connectivity index is 1.90. The van der Waals surface area contributed by atoms with Crippen molar-refractivity contribution in [2.24, 2.45) is 5.92 Å². The van der Waals surface area contributed by atoms with E-state index in [1.165, 1.54) is 18.2 Å². The zero-order valence-corrected chi connectivity index (χ0v) is 14.0. The predicted molar refractivity (Wildman–Crippen MR) is 83.0 cm³/mol. The molecule has 1 aromatic rings. The van der Waals surface area contributed by atoms with Crippen molar-refractivity contribution in [3.63, 3.8) is 0 Å². The highest BCUT2D eigenvalue weighted by Gasteiger charge is 2.25. The number of thioether (sulfide) groups is 1. The zero-order valence-electron chi connectivity index (χ0n) is 13.2. The minimum Gasteiger partial charge on any atom is -0.339 e. The first-order valence-corrected chi connectivity index (χ1v) is 8.78. The highest BCUT2D eigenvalue weighted by atomic mass is 32.2. The Kier molecular flexibility index (Phi) is 6.02. The highest BCUT2D eigenvalue weighted by Crippen LogP contribution is 2.22. The molecule has 1 unspecified atom stereocenters. The van der Waals surface area contributed by atoms with Gasteiger partial charge in [0.15, 0.2) is 0 Å². The van der Waals surface area contributed by atoms with Crippen LogP contribution in [0.5, 0.6) is 0 Å². The predicted octanol–water partition coefficient (Wildman–Crippen LogP) is 2.21. The van der Waals surface area contributed by atoms with Crippen molar-refractivity contribution < 1.29 is 4.79 Å². The molecule has 0 saturated carbocycles. The Morgan fingerprint density at radius 3 is 2.95 bits per heavy atom. The van der Waals surface area contributed by atoms with Gasteiger partial charge in [0.2, 0.25) is 11.1 Å². The average Bonchev–Trinajstić information content (AvgIpc) is 2.91. The summed E-state index contributed by atoms with van der Waals surface area (Å²) in [4.78, 5) is 14.5. The Bertz CT molecular complexity index is 462. The summed E-state index contributed by atoms with van der Waals surface area (Å²) in [5, 5.41) is 12.5. The third-order valence-corrected chi connectivity index (χ3v) is 4.72. The second kappa shape index (κ2) is 7.77. The molecule has 0 N–H and O–H groups in total. The van der Waals surface area contributed by atoms with Gasteiger partial charge in [-0.05, 0) is 42.0 Å². The largest absolute Gasteiger partial charge is 0.339 e. The van der Waals surface area contributed by atoms with Gasteiger partial charge in [0.05, 0.1) is 5.75 Å². The van der Waals surface area contributed by atoms with Gasteiger partial charge in [-0.3, -0.25) is 4.79 Å². The SMILES string of the molecule is CCC1CCCCN1C(=O)CSc1nnnn1CC(C)C. The van der Waals surface area contributed by atoms with E-state index in [4.69, 9.17) is 0 Å². The number of carbonyl (C=O) groups excluding carboxylic acids is 1. The number of amides is 1. The summed E-state index contributed by atoms with van der Waals surface area (Å²) in [7, 11) is 0. The van der Waals surface area contributed by atoms with Crippen LogP contribution in [0.25, 0.3) is 0 Å². The van der Waals surface area contributed by atoms with Crippen LogP contribution in [0.1, 0.15) is 46.5 Å². The first-order valence-electron chi connectivity index (χ1n) is 7.80. The molecule has 1 saturated heterocycles. The van der Waals surface area contributed by atoms with Crippen molar-refractivity contribution in [3.8, 4) is 0 Å². The van der Waals surface area contributed by atoms with Crippen LogP contribution in [0.2, 0.25) is 0 Å². The zero-order chi connectivity index (χ0) is 15.2. The molecule has 0 bridgehead atoms. The van der Waals surface area contributed by atoms with E-state index in [9.17, 15) is 4.79 Å². The summed E-state index contributed by atoms with van der Waals surface area (Å²) in [5.41, 5.74) is 0. The fourth-order valence-corrected chi connectivity index (χ4v) is 3.50. The molecular weight excluding hydrogens is 286 g/mol. The summed E-state index contributed by atoms with van der Waals surface area (Å²) in [5.74, 6) is 1.12. The van der Waals surface area contributed by atoms with Gasteiger partial charge < -0.3 is 4.90 Å². The second-order valence-electron chi connectivity index (χ2n) is 5.97. The van der Waals surface area contributed by atoms with E-state index in [0.29, 0.717) is 17.7 Å². The lowest BCUT2D eigenvalue weighted by molar-refractivity contribution is -0.132. The van der Waals surface area contributed by atoms with E-state index in [-0.39, 0.29) is 5.91 Å². The third kappa shape index (κ3) is 4.43. The number of carbonyl (C=O) groups is 1. The monoisotopic (exact) mass is 311 g/mol. The van der Waals surface area contributed by atoms with Crippen molar-refractivity contribution in [2.75, 3.05) is 12.3 Å². The number of nitrogens with zero attached hydrogens (tertiary/aromatic N) is 5. The minimum absolute atomic E-state index is 0.214. The summed E-state index contributed by atoms with van der Waals surface area (Å²) in [6, 6.07) is 0.415. The lowest BCUT2D eigenvalue weighted by Crippen LogP contribution is -2.44. The number of aromatic nitrogens is 4. The normalized spacial score (nSPS) is 19.2. The third-order valence-electron chi connectivity index (χ3n) is 3.78. The molecule has 0 aliphatic carbocycles. The number of hydrogen-bond donors (Lipinski definition) is 0. The van der Waals surface area contributed by atoms with Crippen LogP contribution in [0.15, 0.2) is 5.16 Å². The van der Waals surface area contributed by atoms with Gasteiger partial charge in [-0.1, -0.05) is 32.5 Å². The fourth-order valence-electron chi connectivity index (χ4n) is 2.72. The van der Waals surface area contributed by atoms with Gasteiger partial charge >= 0.3 is 0 Å². The van der Waals surface area contributed by atoms with E-state index in [1.807, 2.05) is 4.90 Å². The number of piperidine rings is 1. The lowest BCUT2D eigenvalue weighted by Gasteiger charge is -2.35. The van der Waals surface area contributed by atoms with Crippen molar-refractivity contribution in [2.45, 2.75) is 64.2 Å². The van der Waals surface area contributed by atoms with Crippen LogP contribution < -0.4 is 0 Å². The van der Waals surface area contributed by atoms with Crippen molar-refractivity contribution in [1.29, 1.82) is 0 Å². The smallest absolute Gasteiger partial charge is 0.233 e. The van der Waals surface area contributed by atoms with Gasteiger partial charge in [0.25, 0.3) is 0 Å². The minimum atomic E-state index is 0.214. The fraction of sp³-hybridized carbons (Fsp3) is 0.857. The molecule has 0 spiro atoms. The molecular formula is C14H25N5OS. The second-order valence-corrected chi connectivity index (χ2v) is 6.91. The molecule has 1 amide bonds. The molecule has 2 heterocycles. The molecule has 21 heavy (non-hydrogen) atoms. The Morgan fingerprint density at radius 1 is 1.43 bits per heavy atom. The maximum atomic E-state index is 12.4. The van der Waals surface area contributed by atoms with E-state index in [2.05, 4.69) is 36.3 Å². The molecule has 1 aliphatic heterocycles. The van der Waals surface area contributed by atoms with Crippen LogP contribution in [0.3, 0.4) is 0 Å². The quantitative estimate of drug-likeness (QED) is 0.754. The van der Waals surface area contributed by atoms with E-state index in [0.717, 1.165) is 37.5 Å². The number of rotatable bonds is 6. The van der Waals surface area contributed by atoms with E-state index in [1.54, 1.807) is 4.68 Å². The van der Waals surface area contributed by atoms with Gasteiger partial charge in [0, 0.05) is 19.1 Å². The van der Waals surface area contributed by atoms with E-state index >= 15 is 0 Å². The first kappa shape index (κ1) is 16.3. The average molecular weight is 311 g/mol. The maximum absolute atomic E-state index is 12.4. The van der Waals surface area contributed by atoms with Crippen LogP contribution in [0.4, 0.5) is 0 Å². The number of tetrazole rings is 1. The van der Waals surface area contributed by atoms with Gasteiger partial charge in [-0.25, -0.2) is 4.68 Å². The summed E-state index contributed by atoms with van der Waals surface area (Å²) >= 11 is 1.45. The van der Waals surface area contributed by atoms with Gasteiger partial charge in [-0.2, -0.15) is 0 Å². The topological polar surface area (TPSA) is 63.9 Å². The Hall–Kier alpha value is -1.11. The molecule has 6 nitrogen and oxygen atoms in total. The molecule has 2 rings (SSSR count). The summed E-state index contributed by atoms with van der Waals surface area (Å²) in [6.45, 7) is 8.09. The lowest BCUT2D eigenvalue weighted by atomic mass is 10.0. The van der Waals surface area contributed by atoms with E-state index < -0.39 is 0 Å². The molecule has 1 fully saturated rings. The van der Waals surface area contributed by atoms with Crippen LogP contribution in [-0.2, 0) is 11.3 Å². The molecule has 0 aromatic carbocycles. The molecule has 1 aliphatic rings. The Labute approximate surface area is 130 Å². The maximum Gasteiger partial charge on any atom is 0.233 e. The summed E-state index contributed by atoms with van der Waals surface area (Å²) < 4.78 is 1.79. The molecule has 7 heteroatoms. The molecule has 1 atom stereocenters. The van der Waals surface area contributed by atoms with Crippen LogP contribution in [-0.4, -0.2) is 49.4 Å². The number of likely N-dealkylation sites (tertiary alicyclic amines) is 1. The van der Waals surface area contributed by atoms with Gasteiger partial charge in [0.1, 0.15) is 0 Å². The molecule has 118 valence electrons. The van der Waals surface area contributed by atoms with Crippen molar-refractivity contribution in [1.82, 2.24) is 25.1 Å².